The number of nitrogens with zero attached hydrogens (tertiary/aromatic N) is 3. The predicted molar refractivity (Wildman–Crippen MR) is 103 cm³/mol. The third kappa shape index (κ3) is 4.41. The largest absolute Gasteiger partial charge is 0.467 e. The highest BCUT2D eigenvalue weighted by atomic mass is 35.5. The summed E-state index contributed by atoms with van der Waals surface area (Å²) in [6, 6.07) is 7.19. The number of fused-ring (bicyclic) bond motifs is 1. The Bertz CT molecular complexity index is 836. The normalized spacial score (nSPS) is 18.1. The number of rotatable bonds is 5. The lowest BCUT2D eigenvalue weighted by atomic mass is 10.1. The lowest BCUT2D eigenvalue weighted by molar-refractivity contribution is -0.385. The molecule has 0 spiro atoms. The van der Waals surface area contributed by atoms with Crippen molar-refractivity contribution >= 4 is 28.6 Å². The molecule has 0 amide bonds. The van der Waals surface area contributed by atoms with Crippen LogP contribution in [0.1, 0.15) is 16.0 Å². The van der Waals surface area contributed by atoms with Crippen LogP contribution in [0.15, 0.2) is 24.3 Å². The number of nitro groups is 1. The summed E-state index contributed by atoms with van der Waals surface area (Å²) in [6.07, 6.45) is 0. The Labute approximate surface area is 166 Å². The molecule has 0 radical (unpaired) electrons. The van der Waals surface area contributed by atoms with E-state index in [1.165, 1.54) is 4.88 Å². The summed E-state index contributed by atoms with van der Waals surface area (Å²) in [6.45, 7) is 5.82. The molecular weight excluding hydrogens is 390 g/mol. The highest BCUT2D eigenvalue weighted by molar-refractivity contribution is 7.16. The number of benzene rings is 1. The van der Waals surface area contributed by atoms with E-state index in [-0.39, 0.29) is 17.4 Å². The number of hydrogen-bond acceptors (Lipinski definition) is 7. The van der Waals surface area contributed by atoms with Crippen LogP contribution in [0.25, 0.3) is 0 Å². The number of thiophene rings is 1. The van der Waals surface area contributed by atoms with Gasteiger partial charge < -0.3 is 9.47 Å². The second-order valence-electron chi connectivity index (χ2n) is 6.72. The average molecular weight is 410 g/mol. The van der Waals surface area contributed by atoms with Crippen molar-refractivity contribution in [2.75, 3.05) is 33.0 Å². The van der Waals surface area contributed by atoms with Crippen LogP contribution in [0.2, 0.25) is 4.34 Å². The van der Waals surface area contributed by atoms with Crippen LogP contribution in [-0.2, 0) is 24.4 Å². The fourth-order valence-electron chi connectivity index (χ4n) is 3.51. The van der Waals surface area contributed by atoms with Crippen LogP contribution < -0.4 is 4.74 Å². The van der Waals surface area contributed by atoms with Crippen molar-refractivity contribution in [3.05, 3.63) is 54.7 Å². The summed E-state index contributed by atoms with van der Waals surface area (Å²) in [4.78, 5) is 16.9. The molecule has 4 rings (SSSR count). The third-order valence-corrected chi connectivity index (χ3v) is 6.07. The molecule has 0 bridgehead atoms. The molecule has 2 aliphatic heterocycles. The maximum absolute atomic E-state index is 11.2. The van der Waals surface area contributed by atoms with Gasteiger partial charge in [0, 0.05) is 67.4 Å². The summed E-state index contributed by atoms with van der Waals surface area (Å²) < 4.78 is 11.7. The van der Waals surface area contributed by atoms with Crippen molar-refractivity contribution in [3.8, 4) is 5.75 Å². The third-order valence-electron chi connectivity index (χ3n) is 4.85. The minimum Gasteiger partial charge on any atom is -0.467 e. The van der Waals surface area contributed by atoms with Crippen molar-refractivity contribution in [2.24, 2.45) is 0 Å². The average Bonchev–Trinajstić information content (AvgIpc) is 3.08. The second-order valence-corrected chi connectivity index (χ2v) is 8.52. The minimum absolute atomic E-state index is 0.0889. The lowest BCUT2D eigenvalue weighted by Gasteiger charge is -2.35. The molecule has 27 heavy (non-hydrogen) atoms. The highest BCUT2D eigenvalue weighted by Gasteiger charge is 2.24. The van der Waals surface area contributed by atoms with E-state index < -0.39 is 0 Å². The quantitative estimate of drug-likeness (QED) is 0.556. The maximum Gasteiger partial charge on any atom is 0.270 e. The minimum atomic E-state index is -0.359. The SMILES string of the molecule is O=[N+]([O-])c1cc2c(c(CN3CCN(Cc4ccc(Cl)s4)CC3)c1)OCOC2. The number of ether oxygens (including phenoxy) is 2. The fraction of sp³-hybridized carbons (Fsp3) is 0.444. The van der Waals surface area contributed by atoms with E-state index in [2.05, 4.69) is 15.9 Å². The zero-order valence-electron chi connectivity index (χ0n) is 14.7. The molecule has 0 N–H and O–H groups in total. The molecule has 1 aromatic heterocycles. The lowest BCUT2D eigenvalue weighted by Crippen LogP contribution is -2.45. The van der Waals surface area contributed by atoms with Crippen LogP contribution in [0, 0.1) is 10.1 Å². The van der Waals surface area contributed by atoms with E-state index in [1.54, 1.807) is 23.5 Å². The summed E-state index contributed by atoms with van der Waals surface area (Å²) in [5, 5.41) is 11.2. The topological polar surface area (TPSA) is 68.1 Å². The maximum atomic E-state index is 11.2. The Hall–Kier alpha value is -1.71. The van der Waals surface area contributed by atoms with E-state index in [1.807, 2.05) is 6.07 Å². The smallest absolute Gasteiger partial charge is 0.270 e. The predicted octanol–water partition coefficient (Wildman–Crippen LogP) is 3.49. The van der Waals surface area contributed by atoms with Gasteiger partial charge in [0.1, 0.15) is 5.75 Å². The molecule has 0 atom stereocenters. The van der Waals surface area contributed by atoms with Crippen LogP contribution >= 0.6 is 22.9 Å². The first-order valence-electron chi connectivity index (χ1n) is 8.78. The van der Waals surface area contributed by atoms with Gasteiger partial charge in [0.2, 0.25) is 0 Å². The van der Waals surface area contributed by atoms with Crippen molar-refractivity contribution in [2.45, 2.75) is 19.7 Å². The Kier molecular flexibility index (Phi) is 5.60. The molecular formula is C18H20ClN3O4S. The first-order valence-corrected chi connectivity index (χ1v) is 9.97. The van der Waals surface area contributed by atoms with Gasteiger partial charge in [-0.3, -0.25) is 19.9 Å². The van der Waals surface area contributed by atoms with Gasteiger partial charge in [-0.05, 0) is 12.1 Å². The number of halogens is 1. The van der Waals surface area contributed by atoms with Crippen LogP contribution in [0.5, 0.6) is 5.75 Å². The molecule has 0 saturated carbocycles. The van der Waals surface area contributed by atoms with Crippen LogP contribution in [0.3, 0.4) is 0 Å². The van der Waals surface area contributed by atoms with Gasteiger partial charge in [0.25, 0.3) is 5.69 Å². The number of hydrogen-bond donors (Lipinski definition) is 0. The zero-order chi connectivity index (χ0) is 18.8. The molecule has 0 aliphatic carbocycles. The molecule has 2 aromatic rings. The molecule has 144 valence electrons. The standard InChI is InChI=1S/C18H20ClN3O4S/c19-17-2-1-16(27-17)10-21-5-3-20(4-6-21)9-13-7-15(22(23)24)8-14-11-25-12-26-18(13)14/h1-2,7-8H,3-6,9-12H2. The van der Waals surface area contributed by atoms with E-state index in [0.29, 0.717) is 13.2 Å². The zero-order valence-corrected chi connectivity index (χ0v) is 16.3. The molecule has 3 heterocycles. The Morgan fingerprint density at radius 3 is 2.56 bits per heavy atom. The molecule has 9 heteroatoms. The van der Waals surface area contributed by atoms with Gasteiger partial charge >= 0.3 is 0 Å². The van der Waals surface area contributed by atoms with Crippen molar-refractivity contribution in [1.29, 1.82) is 0 Å². The molecule has 1 aromatic carbocycles. The van der Waals surface area contributed by atoms with Gasteiger partial charge in [-0.1, -0.05) is 11.6 Å². The summed E-state index contributed by atoms with van der Waals surface area (Å²) in [7, 11) is 0. The Morgan fingerprint density at radius 1 is 1.15 bits per heavy atom. The molecule has 7 nitrogen and oxygen atoms in total. The number of non-ortho nitro benzene ring substituents is 1. The van der Waals surface area contributed by atoms with E-state index >= 15 is 0 Å². The van der Waals surface area contributed by atoms with Gasteiger partial charge in [-0.2, -0.15) is 0 Å². The Morgan fingerprint density at radius 2 is 1.89 bits per heavy atom. The van der Waals surface area contributed by atoms with Crippen molar-refractivity contribution in [1.82, 2.24) is 9.80 Å². The fourth-order valence-corrected chi connectivity index (χ4v) is 4.64. The van der Waals surface area contributed by atoms with Crippen molar-refractivity contribution < 1.29 is 14.4 Å². The van der Waals surface area contributed by atoms with E-state index in [9.17, 15) is 10.1 Å². The van der Waals surface area contributed by atoms with Crippen LogP contribution in [0.4, 0.5) is 5.69 Å². The number of nitro benzene ring substituents is 1. The summed E-state index contributed by atoms with van der Waals surface area (Å²) in [5.74, 6) is 0.738. The first-order chi connectivity index (χ1) is 13.1. The van der Waals surface area contributed by atoms with E-state index in [4.69, 9.17) is 21.1 Å². The number of piperazine rings is 1. The van der Waals surface area contributed by atoms with Gasteiger partial charge in [-0.15, -0.1) is 11.3 Å². The molecule has 1 fully saturated rings. The molecule has 1 saturated heterocycles. The van der Waals surface area contributed by atoms with Gasteiger partial charge in [-0.25, -0.2) is 0 Å². The summed E-state index contributed by atoms with van der Waals surface area (Å²) >= 11 is 7.63. The Balaban J connectivity index is 1.41. The van der Waals surface area contributed by atoms with Gasteiger partial charge in [0.05, 0.1) is 15.9 Å². The monoisotopic (exact) mass is 409 g/mol. The molecule has 0 unspecified atom stereocenters. The first kappa shape index (κ1) is 18.6. The van der Waals surface area contributed by atoms with Crippen LogP contribution in [-0.4, -0.2) is 47.7 Å². The molecule has 2 aliphatic rings. The highest BCUT2D eigenvalue weighted by Crippen LogP contribution is 2.33. The second kappa shape index (κ2) is 8.12. The van der Waals surface area contributed by atoms with Crippen molar-refractivity contribution in [3.63, 3.8) is 0 Å². The summed E-state index contributed by atoms with van der Waals surface area (Å²) in [5.41, 5.74) is 1.70. The van der Waals surface area contributed by atoms with E-state index in [0.717, 1.165) is 53.9 Å². The van der Waals surface area contributed by atoms with Gasteiger partial charge in [0.15, 0.2) is 6.79 Å².